The lowest BCUT2D eigenvalue weighted by Crippen LogP contribution is -2.58. The molecule has 3 rings (SSSR count). The Labute approximate surface area is 198 Å². The normalized spacial score (nSPS) is 20.3. The highest BCUT2D eigenvalue weighted by Gasteiger charge is 2.47. The largest absolute Gasteiger partial charge is 0.417 e. The van der Waals surface area contributed by atoms with Gasteiger partial charge in [0.1, 0.15) is 11.5 Å². The van der Waals surface area contributed by atoms with Crippen molar-refractivity contribution >= 4 is 23.0 Å². The number of rotatable bonds is 7. The van der Waals surface area contributed by atoms with Gasteiger partial charge < -0.3 is 15.5 Å². The Morgan fingerprint density at radius 2 is 1.94 bits per heavy atom. The Morgan fingerprint density at radius 3 is 2.51 bits per heavy atom. The predicted molar refractivity (Wildman–Crippen MR) is 119 cm³/mol. The van der Waals surface area contributed by atoms with Crippen LogP contribution >= 0.6 is 0 Å². The van der Waals surface area contributed by atoms with E-state index in [2.05, 4.69) is 25.6 Å². The van der Waals surface area contributed by atoms with Crippen LogP contribution in [-0.4, -0.2) is 63.6 Å². The molecular formula is C22H24F5N7O. The van der Waals surface area contributed by atoms with E-state index in [1.807, 2.05) is 0 Å². The first kappa shape index (κ1) is 26.0. The fourth-order valence-electron chi connectivity index (χ4n) is 3.84. The van der Waals surface area contributed by atoms with E-state index < -0.39 is 54.2 Å². The highest BCUT2D eigenvalue weighted by molar-refractivity contribution is 6.54. The zero-order chi connectivity index (χ0) is 25.8. The monoisotopic (exact) mass is 497 g/mol. The second kappa shape index (κ2) is 10.3. The summed E-state index contributed by atoms with van der Waals surface area (Å²) < 4.78 is 67.2. The number of halogens is 5. The van der Waals surface area contributed by atoms with Gasteiger partial charge in [0.05, 0.1) is 23.7 Å². The quantitative estimate of drug-likeness (QED) is 0.400. The molecular weight excluding hydrogens is 473 g/mol. The van der Waals surface area contributed by atoms with Crippen LogP contribution in [0, 0.1) is 11.3 Å². The third-order valence-corrected chi connectivity index (χ3v) is 5.50. The first-order chi connectivity index (χ1) is 16.4. The number of carbonyl (C=O) groups is 1. The Kier molecular flexibility index (Phi) is 7.66. The van der Waals surface area contributed by atoms with Crippen LogP contribution in [0.4, 0.5) is 27.8 Å². The molecule has 0 saturated carbocycles. The van der Waals surface area contributed by atoms with Crippen LogP contribution in [0.3, 0.4) is 0 Å². The van der Waals surface area contributed by atoms with Crippen LogP contribution in [-0.2, 0) is 11.0 Å². The number of alkyl halides is 5. The standard InChI is InChI=1S/C22H24F5N7O/c1-13-8-21(23,24)12-34(16(13)11-33-17-5-4-14(9-32-17)22(25,26)27)20(35)18(28)15(10-29-2)19-30-6-3-7-31-19/h3-7,9-10,13,16,28-29H,8,11-12H2,1-2H3,(H,32,33)/b15-10+,28-18?. The molecule has 2 aromatic heterocycles. The number of amides is 1. The molecule has 1 fully saturated rings. The number of nitrogens with zero attached hydrogens (tertiary/aromatic N) is 4. The predicted octanol–water partition coefficient (Wildman–Crippen LogP) is 3.45. The molecule has 1 amide bonds. The summed E-state index contributed by atoms with van der Waals surface area (Å²) in [6, 6.07) is 2.75. The number of piperidine rings is 1. The second-order valence-electron chi connectivity index (χ2n) is 8.14. The van der Waals surface area contributed by atoms with Crippen LogP contribution in [0.15, 0.2) is 43.0 Å². The summed E-state index contributed by atoms with van der Waals surface area (Å²) >= 11 is 0. The van der Waals surface area contributed by atoms with Crippen molar-refractivity contribution in [3.63, 3.8) is 0 Å². The Bertz CT molecular complexity index is 1070. The van der Waals surface area contributed by atoms with Gasteiger partial charge in [-0.1, -0.05) is 6.92 Å². The molecule has 2 aromatic rings. The van der Waals surface area contributed by atoms with Crippen molar-refractivity contribution in [2.45, 2.75) is 31.5 Å². The molecule has 8 nitrogen and oxygen atoms in total. The third kappa shape index (κ3) is 6.28. The smallest absolute Gasteiger partial charge is 0.393 e. The van der Waals surface area contributed by atoms with E-state index in [0.29, 0.717) is 6.20 Å². The summed E-state index contributed by atoms with van der Waals surface area (Å²) in [5, 5.41) is 14.0. The molecule has 1 aliphatic heterocycles. The molecule has 0 aliphatic carbocycles. The minimum atomic E-state index is -4.54. The molecule has 1 saturated heterocycles. The molecule has 13 heteroatoms. The first-order valence-corrected chi connectivity index (χ1v) is 10.6. The number of carbonyl (C=O) groups excluding carboxylic acids is 1. The molecule has 3 N–H and O–H groups in total. The van der Waals surface area contributed by atoms with Gasteiger partial charge in [0.25, 0.3) is 11.8 Å². The zero-order valence-electron chi connectivity index (χ0n) is 18.9. The Morgan fingerprint density at radius 1 is 1.26 bits per heavy atom. The van der Waals surface area contributed by atoms with Gasteiger partial charge in [0, 0.05) is 44.8 Å². The molecule has 3 heterocycles. The van der Waals surface area contributed by atoms with E-state index >= 15 is 0 Å². The molecule has 0 radical (unpaired) electrons. The summed E-state index contributed by atoms with van der Waals surface area (Å²) in [5.41, 5.74) is -1.48. The summed E-state index contributed by atoms with van der Waals surface area (Å²) in [6.07, 6.45) is -0.193. The minimum absolute atomic E-state index is 0.0239. The van der Waals surface area contributed by atoms with Gasteiger partial charge in [-0.15, -0.1) is 0 Å². The van der Waals surface area contributed by atoms with Crippen molar-refractivity contribution in [2.24, 2.45) is 5.92 Å². The Balaban J connectivity index is 1.83. The van der Waals surface area contributed by atoms with E-state index in [-0.39, 0.29) is 23.8 Å². The number of anilines is 1. The SMILES string of the molecule is CN/C=C(\C(=N)C(=O)N1CC(F)(F)CC(C)C1CNc1ccc(C(F)(F)F)cn1)c1ncccn1. The average Bonchev–Trinajstić information content (AvgIpc) is 2.80. The zero-order valence-corrected chi connectivity index (χ0v) is 18.9. The fourth-order valence-corrected chi connectivity index (χ4v) is 3.84. The fraction of sp³-hybridized carbons (Fsp3) is 0.409. The van der Waals surface area contributed by atoms with E-state index in [9.17, 15) is 26.7 Å². The van der Waals surface area contributed by atoms with Crippen molar-refractivity contribution in [1.82, 2.24) is 25.2 Å². The number of nitrogens with one attached hydrogen (secondary N) is 3. The van der Waals surface area contributed by atoms with E-state index in [1.165, 1.54) is 18.6 Å². The lowest BCUT2D eigenvalue weighted by Gasteiger charge is -2.43. The average molecular weight is 497 g/mol. The van der Waals surface area contributed by atoms with Gasteiger partial charge in [-0.2, -0.15) is 13.2 Å². The number of hydrogen-bond acceptors (Lipinski definition) is 7. The van der Waals surface area contributed by atoms with Gasteiger partial charge in [0.2, 0.25) is 0 Å². The lowest BCUT2D eigenvalue weighted by atomic mass is 9.87. The molecule has 2 unspecified atom stereocenters. The maximum absolute atomic E-state index is 14.4. The molecule has 0 aromatic carbocycles. The van der Waals surface area contributed by atoms with Gasteiger partial charge >= 0.3 is 6.18 Å². The maximum Gasteiger partial charge on any atom is 0.417 e. The molecule has 2 atom stereocenters. The van der Waals surface area contributed by atoms with Gasteiger partial charge in [0.15, 0.2) is 5.82 Å². The molecule has 1 aliphatic rings. The van der Waals surface area contributed by atoms with Crippen LogP contribution < -0.4 is 10.6 Å². The van der Waals surface area contributed by atoms with Crippen molar-refractivity contribution in [1.29, 1.82) is 5.41 Å². The number of hydrogen-bond donors (Lipinski definition) is 3. The third-order valence-electron chi connectivity index (χ3n) is 5.50. The summed E-state index contributed by atoms with van der Waals surface area (Å²) in [7, 11) is 1.54. The van der Waals surface area contributed by atoms with Crippen LogP contribution in [0.2, 0.25) is 0 Å². The second-order valence-corrected chi connectivity index (χ2v) is 8.14. The first-order valence-electron chi connectivity index (χ1n) is 10.6. The van der Waals surface area contributed by atoms with Crippen LogP contribution in [0.5, 0.6) is 0 Å². The number of pyridine rings is 1. The minimum Gasteiger partial charge on any atom is -0.393 e. The summed E-state index contributed by atoms with van der Waals surface area (Å²) in [6.45, 7) is 0.587. The summed E-state index contributed by atoms with van der Waals surface area (Å²) in [4.78, 5) is 26.0. The van der Waals surface area contributed by atoms with E-state index in [4.69, 9.17) is 5.41 Å². The van der Waals surface area contributed by atoms with Crippen LogP contribution in [0.25, 0.3) is 5.57 Å². The van der Waals surface area contributed by atoms with Crippen LogP contribution in [0.1, 0.15) is 24.7 Å². The van der Waals surface area contributed by atoms with Crippen molar-refractivity contribution < 1.29 is 26.7 Å². The number of aromatic nitrogens is 3. The van der Waals surface area contributed by atoms with E-state index in [1.54, 1.807) is 20.0 Å². The molecule has 0 bridgehead atoms. The highest BCUT2D eigenvalue weighted by Crippen LogP contribution is 2.35. The highest BCUT2D eigenvalue weighted by atomic mass is 19.4. The topological polar surface area (TPSA) is 107 Å². The van der Waals surface area contributed by atoms with Crippen molar-refractivity contribution in [2.75, 3.05) is 25.5 Å². The van der Waals surface area contributed by atoms with Crippen molar-refractivity contribution in [3.05, 3.63) is 54.4 Å². The molecule has 0 spiro atoms. The van der Waals surface area contributed by atoms with Gasteiger partial charge in [-0.25, -0.2) is 23.7 Å². The molecule has 188 valence electrons. The summed E-state index contributed by atoms with van der Waals surface area (Å²) in [5.74, 6) is -4.63. The van der Waals surface area contributed by atoms with Crippen molar-refractivity contribution in [3.8, 4) is 0 Å². The number of likely N-dealkylation sites (tertiary alicyclic amines) is 1. The lowest BCUT2D eigenvalue weighted by molar-refractivity contribution is -0.145. The Hall–Kier alpha value is -3.64. The van der Waals surface area contributed by atoms with E-state index in [0.717, 1.165) is 17.0 Å². The molecule has 35 heavy (non-hydrogen) atoms. The maximum atomic E-state index is 14.4. The van der Waals surface area contributed by atoms with Gasteiger partial charge in [-0.3, -0.25) is 10.2 Å². The van der Waals surface area contributed by atoms with Gasteiger partial charge in [-0.05, 0) is 24.1 Å².